The van der Waals surface area contributed by atoms with Crippen LogP contribution in [0.15, 0.2) is 185 Å². The van der Waals surface area contributed by atoms with Crippen LogP contribution in [0, 0.1) is 6.92 Å². The molecule has 0 atom stereocenters. The van der Waals surface area contributed by atoms with Crippen molar-refractivity contribution in [3.63, 3.8) is 0 Å². The van der Waals surface area contributed by atoms with E-state index in [1.165, 1.54) is 22.0 Å². The van der Waals surface area contributed by atoms with Crippen LogP contribution >= 0.6 is 0 Å². The average Bonchev–Trinajstić information content (AvgIpc) is 4.10. The van der Waals surface area contributed by atoms with Gasteiger partial charge in [0, 0.05) is 62.0 Å². The van der Waals surface area contributed by atoms with E-state index in [9.17, 15) is 0 Å². The summed E-state index contributed by atoms with van der Waals surface area (Å²) in [5.41, 5.74) is 18.6. The third-order valence-electron chi connectivity index (χ3n) is 13.4. The van der Waals surface area contributed by atoms with E-state index in [2.05, 4.69) is 183 Å². The standard InChI is InChI=1S/C58H43BN2O4/c1-35-26-49-57-50(27-35)61(48-33-56-55(62-34-63-56)32-43(48)36-12-6-5-7-13-36)47-25-21-41(58(2,3)4)31-45(47)59(57)44-28-40(54-30-39-15-9-11-17-52(39)65-54)20-24-46(44)60(49)42-22-18-37(19-23-42)53-29-38-14-8-10-16-51(38)64-53/h5-33H,34H2,1-4H3. The molecule has 0 radical (unpaired) electrons. The highest BCUT2D eigenvalue weighted by molar-refractivity contribution is 7.00. The highest BCUT2D eigenvalue weighted by Crippen LogP contribution is 2.51. The predicted octanol–water partition coefficient (Wildman–Crippen LogP) is 13.6. The van der Waals surface area contributed by atoms with Gasteiger partial charge in [-0.25, -0.2) is 0 Å². The highest BCUT2D eigenvalue weighted by atomic mass is 16.7. The second-order valence-electron chi connectivity index (χ2n) is 18.6. The summed E-state index contributed by atoms with van der Waals surface area (Å²) in [6.45, 7) is 9.20. The molecule has 65 heavy (non-hydrogen) atoms. The molecule has 5 heterocycles. The first-order chi connectivity index (χ1) is 31.7. The number of nitrogens with zero attached hydrogens (tertiary/aromatic N) is 2. The Morgan fingerprint density at radius 1 is 0.477 bits per heavy atom. The number of ether oxygens (including phenoxy) is 2. The molecule has 0 saturated carbocycles. The average molecular weight is 843 g/mol. The molecule has 7 heteroatoms. The second-order valence-corrected chi connectivity index (χ2v) is 18.6. The first-order valence-electron chi connectivity index (χ1n) is 22.3. The molecule has 3 aliphatic heterocycles. The summed E-state index contributed by atoms with van der Waals surface area (Å²) in [6, 6.07) is 63.2. The molecule has 312 valence electrons. The van der Waals surface area contributed by atoms with E-state index in [-0.39, 0.29) is 18.9 Å². The van der Waals surface area contributed by atoms with Crippen molar-refractivity contribution in [3.8, 4) is 45.3 Å². The van der Waals surface area contributed by atoms with Gasteiger partial charge in [-0.3, -0.25) is 0 Å². The van der Waals surface area contributed by atoms with Crippen molar-refractivity contribution in [2.24, 2.45) is 0 Å². The van der Waals surface area contributed by atoms with Gasteiger partial charge in [-0.05, 0) is 130 Å². The summed E-state index contributed by atoms with van der Waals surface area (Å²) in [5.74, 6) is 3.18. The van der Waals surface area contributed by atoms with Crippen LogP contribution in [-0.4, -0.2) is 13.5 Å². The van der Waals surface area contributed by atoms with Gasteiger partial charge in [-0.2, -0.15) is 0 Å². The van der Waals surface area contributed by atoms with Gasteiger partial charge < -0.3 is 28.1 Å². The number of anilines is 6. The predicted molar refractivity (Wildman–Crippen MR) is 266 cm³/mol. The van der Waals surface area contributed by atoms with Gasteiger partial charge in [-0.1, -0.05) is 106 Å². The Kier molecular flexibility index (Phi) is 8.14. The zero-order valence-corrected chi connectivity index (χ0v) is 36.6. The molecule has 8 aromatic carbocycles. The zero-order chi connectivity index (χ0) is 43.6. The number of furan rings is 2. The van der Waals surface area contributed by atoms with Crippen LogP contribution in [0.2, 0.25) is 0 Å². The molecular formula is C58H43BN2O4. The van der Waals surface area contributed by atoms with Crippen LogP contribution in [0.4, 0.5) is 34.1 Å². The van der Waals surface area contributed by atoms with E-state index in [1.54, 1.807) is 0 Å². The molecule has 0 N–H and O–H groups in total. The number of para-hydroxylation sites is 2. The molecule has 2 aromatic heterocycles. The topological polar surface area (TPSA) is 51.2 Å². The van der Waals surface area contributed by atoms with Crippen molar-refractivity contribution in [3.05, 3.63) is 187 Å². The molecule has 0 saturated heterocycles. The van der Waals surface area contributed by atoms with E-state index in [4.69, 9.17) is 18.3 Å². The van der Waals surface area contributed by atoms with Crippen molar-refractivity contribution in [1.82, 2.24) is 0 Å². The largest absolute Gasteiger partial charge is 0.456 e. The van der Waals surface area contributed by atoms with E-state index >= 15 is 0 Å². The lowest BCUT2D eigenvalue weighted by Crippen LogP contribution is -2.61. The van der Waals surface area contributed by atoms with Crippen LogP contribution in [0.1, 0.15) is 31.9 Å². The lowest BCUT2D eigenvalue weighted by molar-refractivity contribution is 0.174. The Balaban J connectivity index is 1.08. The Bertz CT molecular complexity index is 3480. The quantitative estimate of drug-likeness (QED) is 0.161. The zero-order valence-electron chi connectivity index (χ0n) is 36.6. The van der Waals surface area contributed by atoms with Crippen molar-refractivity contribution in [2.75, 3.05) is 16.6 Å². The van der Waals surface area contributed by atoms with Crippen LogP contribution in [0.5, 0.6) is 11.5 Å². The third-order valence-corrected chi connectivity index (χ3v) is 13.4. The van der Waals surface area contributed by atoms with E-state index in [0.29, 0.717) is 0 Å². The fraction of sp³-hybridized carbons (Fsp3) is 0.103. The maximum absolute atomic E-state index is 6.57. The van der Waals surface area contributed by atoms with Gasteiger partial charge in [0.25, 0.3) is 6.71 Å². The smallest absolute Gasteiger partial charge is 0.252 e. The second kappa shape index (κ2) is 14.1. The summed E-state index contributed by atoms with van der Waals surface area (Å²) in [4.78, 5) is 4.93. The Labute approximate surface area is 378 Å². The minimum absolute atomic E-state index is 0.0918. The van der Waals surface area contributed by atoms with E-state index in [0.717, 1.165) is 107 Å². The lowest BCUT2D eigenvalue weighted by atomic mass is 9.33. The molecule has 0 unspecified atom stereocenters. The van der Waals surface area contributed by atoms with Crippen LogP contribution in [-0.2, 0) is 5.41 Å². The monoisotopic (exact) mass is 842 g/mol. The number of fused-ring (bicyclic) bond motifs is 7. The summed E-state index contributed by atoms with van der Waals surface area (Å²) in [5, 5.41) is 2.17. The van der Waals surface area contributed by atoms with Gasteiger partial charge in [0.05, 0.1) is 5.69 Å². The number of hydrogen-bond donors (Lipinski definition) is 0. The number of benzene rings is 8. The first-order valence-corrected chi connectivity index (χ1v) is 22.3. The van der Waals surface area contributed by atoms with Gasteiger partial charge in [0.15, 0.2) is 11.5 Å². The molecule has 10 aromatic rings. The van der Waals surface area contributed by atoms with Gasteiger partial charge in [-0.15, -0.1) is 0 Å². The van der Waals surface area contributed by atoms with Gasteiger partial charge in [0.2, 0.25) is 6.79 Å². The number of hydrogen-bond acceptors (Lipinski definition) is 6. The molecule has 13 rings (SSSR count). The maximum Gasteiger partial charge on any atom is 0.252 e. The fourth-order valence-electron chi connectivity index (χ4n) is 10.3. The third kappa shape index (κ3) is 5.95. The lowest BCUT2D eigenvalue weighted by Gasteiger charge is -2.45. The van der Waals surface area contributed by atoms with Crippen LogP contribution < -0.4 is 35.7 Å². The Morgan fingerprint density at radius 3 is 1.75 bits per heavy atom. The van der Waals surface area contributed by atoms with E-state index in [1.807, 2.05) is 30.3 Å². The fourth-order valence-corrected chi connectivity index (χ4v) is 10.3. The van der Waals surface area contributed by atoms with E-state index < -0.39 is 0 Å². The van der Waals surface area contributed by atoms with Gasteiger partial charge in [0.1, 0.15) is 22.7 Å². The van der Waals surface area contributed by atoms with Gasteiger partial charge >= 0.3 is 0 Å². The molecule has 0 aliphatic carbocycles. The number of rotatable bonds is 5. The Morgan fingerprint density at radius 2 is 1.06 bits per heavy atom. The highest BCUT2D eigenvalue weighted by Gasteiger charge is 2.45. The normalized spacial score (nSPS) is 13.6. The molecule has 0 spiro atoms. The minimum Gasteiger partial charge on any atom is -0.456 e. The summed E-state index contributed by atoms with van der Waals surface area (Å²) >= 11 is 0. The van der Waals surface area contributed by atoms with Crippen LogP contribution in [0.25, 0.3) is 55.7 Å². The Hall–Kier alpha value is -7.90. The number of aryl methyl sites for hydroxylation is 1. The SMILES string of the molecule is Cc1cc2c3c(c1)N(c1cc4c(cc1-c1ccccc1)OCO4)c1ccc(C(C)(C)C)cc1B3c1cc(-c3cc4ccccc4o3)ccc1N2c1ccc(-c2cc3ccccc3o2)cc1. The van der Waals surface area contributed by atoms with Crippen molar-refractivity contribution in [2.45, 2.75) is 33.1 Å². The van der Waals surface area contributed by atoms with Crippen molar-refractivity contribution in [1.29, 1.82) is 0 Å². The summed E-state index contributed by atoms with van der Waals surface area (Å²) in [7, 11) is 0. The van der Waals surface area contributed by atoms with Crippen molar-refractivity contribution < 1.29 is 18.3 Å². The molecule has 0 bridgehead atoms. The molecule has 0 amide bonds. The van der Waals surface area contributed by atoms with Crippen molar-refractivity contribution >= 4 is 79.2 Å². The summed E-state index contributed by atoms with van der Waals surface area (Å²) in [6.07, 6.45) is 0. The molecule has 3 aliphatic rings. The minimum atomic E-state index is -0.103. The molecule has 6 nitrogen and oxygen atoms in total. The first kappa shape index (κ1) is 37.6. The van der Waals surface area contributed by atoms with Crippen LogP contribution in [0.3, 0.4) is 0 Å². The molecule has 0 fully saturated rings. The molecular weight excluding hydrogens is 799 g/mol. The summed E-state index contributed by atoms with van der Waals surface area (Å²) < 4.78 is 25.1. The maximum atomic E-state index is 6.57.